The van der Waals surface area contributed by atoms with Gasteiger partial charge < -0.3 is 14.7 Å². The van der Waals surface area contributed by atoms with E-state index < -0.39 is 68.6 Å². The summed E-state index contributed by atoms with van der Waals surface area (Å²) in [6, 6.07) is 23.7. The number of nitrogens with one attached hydrogen (secondary N) is 2. The Bertz CT molecular complexity index is 2040. The predicted molar refractivity (Wildman–Crippen MR) is 209 cm³/mol. The van der Waals surface area contributed by atoms with E-state index in [1.165, 1.54) is 29.2 Å². The molecule has 5 nitrogen and oxygen atoms in total. The van der Waals surface area contributed by atoms with E-state index in [9.17, 15) is 8.78 Å². The maximum absolute atomic E-state index is 16.8. The average molecular weight is 779 g/mol. The highest BCUT2D eigenvalue weighted by atomic mass is 28.4. The van der Waals surface area contributed by atoms with Gasteiger partial charge >= 0.3 is 0 Å². The molecule has 1 aromatic heterocycles. The minimum atomic E-state index is -3.46. The van der Waals surface area contributed by atoms with Gasteiger partial charge in [-0.2, -0.15) is 0 Å². The Labute approximate surface area is 319 Å². The molecule has 0 saturated carbocycles. The van der Waals surface area contributed by atoms with Crippen LogP contribution in [0.15, 0.2) is 91.0 Å². The van der Waals surface area contributed by atoms with Crippen molar-refractivity contribution in [3.8, 4) is 0 Å². The first-order chi connectivity index (χ1) is 26.2. The second-order valence-electron chi connectivity index (χ2n) is 16.1. The number of fused-ring (bicyclic) bond motifs is 3. The fourth-order valence-electron chi connectivity index (χ4n) is 8.66. The lowest BCUT2D eigenvalue weighted by Crippen LogP contribution is -2.67. The van der Waals surface area contributed by atoms with Crippen LogP contribution in [0.4, 0.5) is 32.0 Å². The van der Waals surface area contributed by atoms with E-state index in [4.69, 9.17) is 4.43 Å². The Balaban J connectivity index is 1.24. The average Bonchev–Trinajstić information content (AvgIpc) is 3.47. The van der Waals surface area contributed by atoms with Crippen LogP contribution in [0, 0.1) is 17.5 Å². The third kappa shape index (κ3) is 7.70. The molecule has 1 fully saturated rings. The van der Waals surface area contributed by atoms with Gasteiger partial charge in [-0.05, 0) is 71.1 Å². The maximum Gasteiger partial charge on any atom is 0.282 e. The van der Waals surface area contributed by atoms with Crippen LogP contribution in [-0.2, 0) is 10.8 Å². The van der Waals surface area contributed by atoms with Gasteiger partial charge in [0, 0.05) is 53.5 Å². The Kier molecular flexibility index (Phi) is 11.0. The van der Waals surface area contributed by atoms with Gasteiger partial charge in [0.2, 0.25) is 0 Å². The number of H-pyrrole nitrogens is 1. The number of halogens is 6. The second-order valence-corrected chi connectivity index (χ2v) is 20.4. The Hall–Kier alpha value is -4.10. The number of hydrogen-bond acceptors (Lipinski definition) is 4. The molecule has 3 heterocycles. The summed E-state index contributed by atoms with van der Waals surface area (Å²) in [6.45, 7) is 7.44. The molecule has 2 aliphatic heterocycles. The summed E-state index contributed by atoms with van der Waals surface area (Å²) >= 11 is 0. The van der Waals surface area contributed by atoms with Crippen LogP contribution in [0.5, 0.6) is 0 Å². The van der Waals surface area contributed by atoms with Crippen LogP contribution in [0.1, 0.15) is 57.0 Å². The van der Waals surface area contributed by atoms with E-state index in [1.54, 1.807) is 13.0 Å². The van der Waals surface area contributed by atoms with Crippen molar-refractivity contribution in [3.05, 3.63) is 125 Å². The van der Waals surface area contributed by atoms with Crippen molar-refractivity contribution in [2.45, 2.75) is 69.6 Å². The molecule has 0 aliphatic carbocycles. The minimum Gasteiger partial charge on any atom is -0.401 e. The third-order valence-electron chi connectivity index (χ3n) is 11.2. The zero-order valence-corrected chi connectivity index (χ0v) is 32.6. The maximum atomic E-state index is 16.8. The topological polar surface area (TPSA) is 43.5 Å². The molecule has 2 unspecified atom stereocenters. The molecule has 4 aromatic carbocycles. The highest BCUT2D eigenvalue weighted by molar-refractivity contribution is 6.99. The van der Waals surface area contributed by atoms with Gasteiger partial charge in [-0.1, -0.05) is 81.4 Å². The van der Waals surface area contributed by atoms with E-state index >= 15 is 17.6 Å². The van der Waals surface area contributed by atoms with Gasteiger partial charge in [-0.25, -0.2) is 22.0 Å². The summed E-state index contributed by atoms with van der Waals surface area (Å²) in [5.41, 5.74) is 1.40. The summed E-state index contributed by atoms with van der Waals surface area (Å²) in [5.74, 6) is -5.70. The van der Waals surface area contributed by atoms with Crippen molar-refractivity contribution in [1.29, 1.82) is 0 Å². The normalized spacial score (nSPS) is 18.7. The smallest absolute Gasteiger partial charge is 0.282 e. The summed E-state index contributed by atoms with van der Waals surface area (Å²) in [7, 11) is -3.34. The molecule has 7 rings (SSSR count). The molecular formula is C43H48F6N4OSi. The van der Waals surface area contributed by atoms with Crippen molar-refractivity contribution < 1.29 is 30.8 Å². The van der Waals surface area contributed by atoms with Gasteiger partial charge in [-0.15, -0.1) is 0 Å². The van der Waals surface area contributed by atoms with Gasteiger partial charge in [0.15, 0.2) is 0 Å². The van der Waals surface area contributed by atoms with Crippen LogP contribution in [0.2, 0.25) is 5.04 Å². The molecule has 55 heavy (non-hydrogen) atoms. The second kappa shape index (κ2) is 15.4. The lowest BCUT2D eigenvalue weighted by Gasteiger charge is -2.45. The fraction of sp³-hybridized carbons (Fsp3) is 0.395. The predicted octanol–water partition coefficient (Wildman–Crippen LogP) is 8.59. The van der Waals surface area contributed by atoms with Gasteiger partial charge in [-0.3, -0.25) is 14.2 Å². The molecular weight excluding hydrogens is 731 g/mol. The molecule has 0 amide bonds. The summed E-state index contributed by atoms with van der Waals surface area (Å²) in [6.07, 6.45) is 0.679. The van der Waals surface area contributed by atoms with Gasteiger partial charge in [0.1, 0.15) is 17.5 Å². The van der Waals surface area contributed by atoms with E-state index in [0.717, 1.165) is 10.4 Å². The van der Waals surface area contributed by atoms with Gasteiger partial charge in [0.05, 0.1) is 31.9 Å². The lowest BCUT2D eigenvalue weighted by atomic mass is 9.87. The van der Waals surface area contributed by atoms with E-state index in [-0.39, 0.29) is 23.7 Å². The molecule has 2 N–H and O–H groups in total. The van der Waals surface area contributed by atoms with Crippen molar-refractivity contribution >= 4 is 35.3 Å². The number of aromatic nitrogens is 1. The number of hydrogen-bond donors (Lipinski definition) is 2. The molecule has 0 spiro atoms. The SMILES string of the molecule is CC1Cc2c([nH]c3ccc(F)cc23)C(c2c(F)cc(NC3CN(CCCF)C3)cc2F)N1CC(F)(F)CO[Si](c1ccccc1)(c1ccccc1)C(C)(C)C. The molecule has 2 aliphatic rings. The monoisotopic (exact) mass is 778 g/mol. The number of aromatic amines is 1. The van der Waals surface area contributed by atoms with Gasteiger partial charge in [0.25, 0.3) is 14.2 Å². The quantitative estimate of drug-likeness (QED) is 0.0930. The Morgan fingerprint density at radius 1 is 0.873 bits per heavy atom. The van der Waals surface area contributed by atoms with Crippen LogP contribution < -0.4 is 15.7 Å². The molecule has 292 valence electrons. The Morgan fingerprint density at radius 2 is 1.49 bits per heavy atom. The van der Waals surface area contributed by atoms with Crippen molar-refractivity contribution in [3.63, 3.8) is 0 Å². The highest BCUT2D eigenvalue weighted by Crippen LogP contribution is 2.45. The van der Waals surface area contributed by atoms with Crippen LogP contribution >= 0.6 is 0 Å². The van der Waals surface area contributed by atoms with Crippen molar-refractivity contribution in [2.75, 3.05) is 44.8 Å². The fourth-order valence-corrected chi connectivity index (χ4v) is 13.2. The number of alkyl halides is 3. The third-order valence-corrected chi connectivity index (χ3v) is 16.2. The zero-order chi connectivity index (χ0) is 39.1. The molecule has 1 saturated heterocycles. The van der Waals surface area contributed by atoms with Crippen molar-refractivity contribution in [2.24, 2.45) is 0 Å². The number of likely N-dealkylation sites (tertiary alicyclic amines) is 1. The first-order valence-corrected chi connectivity index (χ1v) is 20.8. The molecule has 12 heteroatoms. The number of rotatable bonds is 13. The van der Waals surface area contributed by atoms with E-state index in [0.29, 0.717) is 48.2 Å². The van der Waals surface area contributed by atoms with Crippen LogP contribution in [-0.4, -0.2) is 80.6 Å². The number of anilines is 1. The lowest BCUT2D eigenvalue weighted by molar-refractivity contribution is -0.0825. The van der Waals surface area contributed by atoms with Crippen LogP contribution in [0.3, 0.4) is 0 Å². The largest absolute Gasteiger partial charge is 0.401 e. The van der Waals surface area contributed by atoms with Crippen LogP contribution in [0.25, 0.3) is 10.9 Å². The number of nitrogens with zero attached hydrogens (tertiary/aromatic N) is 2. The first-order valence-electron chi connectivity index (χ1n) is 18.9. The van der Waals surface area contributed by atoms with E-state index in [2.05, 4.69) is 15.2 Å². The number of benzene rings is 4. The molecule has 5 aromatic rings. The summed E-state index contributed by atoms with van der Waals surface area (Å²) < 4.78 is 100. The molecule has 0 bridgehead atoms. The minimum absolute atomic E-state index is 0.0695. The van der Waals surface area contributed by atoms with E-state index in [1.807, 2.05) is 81.4 Å². The zero-order valence-electron chi connectivity index (χ0n) is 31.6. The standard InChI is InChI=1S/C43H48F6N4OSi/c1-28-20-35-34-21-29(45)16-17-38(34)51-40(35)41(39-36(46)22-30(23-37(39)47)50-31-24-52(25-31)19-11-18-44)53(28)26-43(48,49)27-54-55(42(2,3)4,32-12-7-5-8-13-32)33-14-9-6-10-15-33/h5-10,12-17,21-23,28,31,41,50-51H,11,18-20,24-27H2,1-4H3. The van der Waals surface area contributed by atoms with Crippen molar-refractivity contribution in [1.82, 2.24) is 14.8 Å². The first kappa shape index (κ1) is 39.1. The summed E-state index contributed by atoms with van der Waals surface area (Å²) in [4.78, 5) is 6.73. The summed E-state index contributed by atoms with van der Waals surface area (Å²) in [5, 5.41) is 4.88. The highest BCUT2D eigenvalue weighted by Gasteiger charge is 2.53. The Morgan fingerprint density at radius 3 is 2.07 bits per heavy atom. The molecule has 0 radical (unpaired) electrons. The molecule has 2 atom stereocenters.